The fraction of sp³-hybridized carbons (Fsp3) is 0.250. The number of hydrogen-bond acceptors (Lipinski definition) is 3. The van der Waals surface area contributed by atoms with Gasteiger partial charge in [-0.2, -0.15) is 0 Å². The lowest BCUT2D eigenvalue weighted by Gasteiger charge is -2.14. The maximum atomic E-state index is 10.8. The summed E-state index contributed by atoms with van der Waals surface area (Å²) in [6, 6.07) is 2.59. The SMILES string of the molecule is C=CC(C)c1c(O)cc(C(=O)O)cc1OC. The standard InChI is InChI=1S/C12H14O4/c1-4-7(2)11-9(13)5-8(12(14)15)6-10(11)16-3/h4-7,13H,1H2,2-3H3,(H,14,15). The van der Waals surface area contributed by atoms with E-state index in [1.165, 1.54) is 19.2 Å². The van der Waals surface area contributed by atoms with Gasteiger partial charge in [-0.25, -0.2) is 4.79 Å². The van der Waals surface area contributed by atoms with Gasteiger partial charge in [0.05, 0.1) is 12.7 Å². The maximum absolute atomic E-state index is 10.8. The van der Waals surface area contributed by atoms with Gasteiger partial charge in [-0.3, -0.25) is 0 Å². The molecule has 0 saturated heterocycles. The third-order valence-corrected chi connectivity index (χ3v) is 2.40. The molecule has 0 fully saturated rings. The molecule has 0 heterocycles. The molecular weight excluding hydrogens is 208 g/mol. The molecule has 0 aliphatic rings. The van der Waals surface area contributed by atoms with Crippen molar-refractivity contribution in [1.82, 2.24) is 0 Å². The summed E-state index contributed by atoms with van der Waals surface area (Å²) in [6.45, 7) is 5.47. The first-order valence-corrected chi connectivity index (χ1v) is 4.78. The Balaban J connectivity index is 3.39. The van der Waals surface area contributed by atoms with Crippen LogP contribution in [0.5, 0.6) is 11.5 Å². The van der Waals surface area contributed by atoms with E-state index in [9.17, 15) is 9.90 Å². The van der Waals surface area contributed by atoms with Crippen molar-refractivity contribution in [3.63, 3.8) is 0 Å². The van der Waals surface area contributed by atoms with Crippen LogP contribution in [-0.4, -0.2) is 23.3 Å². The first-order valence-electron chi connectivity index (χ1n) is 4.78. The van der Waals surface area contributed by atoms with Gasteiger partial charge in [0.1, 0.15) is 11.5 Å². The highest BCUT2D eigenvalue weighted by Crippen LogP contribution is 2.36. The molecule has 1 rings (SSSR count). The van der Waals surface area contributed by atoms with Crippen LogP contribution in [-0.2, 0) is 0 Å². The molecule has 4 heteroatoms. The Hall–Kier alpha value is -1.97. The Bertz CT molecular complexity index is 423. The number of aromatic hydroxyl groups is 1. The smallest absolute Gasteiger partial charge is 0.335 e. The van der Waals surface area contributed by atoms with E-state index in [4.69, 9.17) is 9.84 Å². The van der Waals surface area contributed by atoms with Gasteiger partial charge in [0.2, 0.25) is 0 Å². The molecule has 0 aliphatic carbocycles. The average molecular weight is 222 g/mol. The van der Waals surface area contributed by atoms with E-state index in [1.54, 1.807) is 6.08 Å². The molecule has 1 aromatic carbocycles. The lowest BCUT2D eigenvalue weighted by molar-refractivity contribution is 0.0696. The fourth-order valence-corrected chi connectivity index (χ4v) is 1.48. The molecule has 0 saturated carbocycles. The van der Waals surface area contributed by atoms with Crippen molar-refractivity contribution >= 4 is 5.97 Å². The van der Waals surface area contributed by atoms with E-state index in [0.717, 1.165) is 0 Å². The largest absolute Gasteiger partial charge is 0.507 e. The third kappa shape index (κ3) is 2.16. The minimum Gasteiger partial charge on any atom is -0.507 e. The zero-order chi connectivity index (χ0) is 12.3. The highest BCUT2D eigenvalue weighted by Gasteiger charge is 2.17. The summed E-state index contributed by atoms with van der Waals surface area (Å²) < 4.78 is 5.07. The minimum absolute atomic E-state index is 0.00522. The minimum atomic E-state index is -1.11. The van der Waals surface area contributed by atoms with Gasteiger partial charge in [-0.15, -0.1) is 6.58 Å². The average Bonchev–Trinajstić information content (AvgIpc) is 2.26. The molecule has 0 radical (unpaired) electrons. The number of carboxylic acids is 1. The van der Waals surface area contributed by atoms with Crippen molar-refractivity contribution in [3.8, 4) is 11.5 Å². The fourth-order valence-electron chi connectivity index (χ4n) is 1.48. The van der Waals surface area contributed by atoms with Crippen LogP contribution in [0.1, 0.15) is 28.8 Å². The van der Waals surface area contributed by atoms with Crippen LogP contribution in [0.25, 0.3) is 0 Å². The molecule has 4 nitrogen and oxygen atoms in total. The molecule has 1 atom stereocenters. The van der Waals surface area contributed by atoms with Crippen molar-refractivity contribution in [2.75, 3.05) is 7.11 Å². The van der Waals surface area contributed by atoms with Crippen molar-refractivity contribution in [2.24, 2.45) is 0 Å². The van der Waals surface area contributed by atoms with Gasteiger partial charge in [0.25, 0.3) is 0 Å². The number of benzene rings is 1. The molecule has 16 heavy (non-hydrogen) atoms. The number of rotatable bonds is 4. The predicted octanol–water partition coefficient (Wildman–Crippen LogP) is 2.39. The first kappa shape index (κ1) is 12.1. The molecule has 1 unspecified atom stereocenters. The second-order valence-corrected chi connectivity index (χ2v) is 3.44. The van der Waals surface area contributed by atoms with Crippen LogP contribution in [0.4, 0.5) is 0 Å². The maximum Gasteiger partial charge on any atom is 0.335 e. The summed E-state index contributed by atoms with van der Waals surface area (Å²) >= 11 is 0. The quantitative estimate of drug-likeness (QED) is 0.767. The summed E-state index contributed by atoms with van der Waals surface area (Å²) in [7, 11) is 1.43. The first-order chi connectivity index (χ1) is 7.51. The van der Waals surface area contributed by atoms with E-state index < -0.39 is 5.97 Å². The Labute approximate surface area is 93.8 Å². The molecule has 0 bridgehead atoms. The number of phenolic OH excluding ortho intramolecular Hbond substituents is 1. The van der Waals surface area contributed by atoms with Crippen LogP contribution in [0.2, 0.25) is 0 Å². The normalized spacial score (nSPS) is 11.9. The number of carbonyl (C=O) groups is 1. The summed E-state index contributed by atoms with van der Waals surface area (Å²) in [5.74, 6) is -0.960. The Kier molecular flexibility index (Phi) is 3.55. The monoisotopic (exact) mass is 222 g/mol. The summed E-state index contributed by atoms with van der Waals surface area (Å²) in [5.41, 5.74) is 0.539. The van der Waals surface area contributed by atoms with Gasteiger partial charge < -0.3 is 14.9 Å². The highest BCUT2D eigenvalue weighted by molar-refractivity contribution is 5.89. The number of aromatic carboxylic acids is 1. The Morgan fingerprint density at radius 2 is 2.19 bits per heavy atom. The van der Waals surface area contributed by atoms with E-state index in [1.807, 2.05) is 6.92 Å². The van der Waals surface area contributed by atoms with Gasteiger partial charge in [-0.05, 0) is 12.1 Å². The number of methoxy groups -OCH3 is 1. The van der Waals surface area contributed by atoms with E-state index in [2.05, 4.69) is 6.58 Å². The second kappa shape index (κ2) is 4.70. The van der Waals surface area contributed by atoms with E-state index in [-0.39, 0.29) is 17.2 Å². The van der Waals surface area contributed by atoms with Crippen LogP contribution >= 0.6 is 0 Å². The zero-order valence-electron chi connectivity index (χ0n) is 9.23. The van der Waals surface area contributed by atoms with Gasteiger partial charge in [0, 0.05) is 11.5 Å². The number of allylic oxidation sites excluding steroid dienone is 1. The lowest BCUT2D eigenvalue weighted by Crippen LogP contribution is -2.01. The zero-order valence-corrected chi connectivity index (χ0v) is 9.23. The second-order valence-electron chi connectivity index (χ2n) is 3.44. The molecule has 1 aromatic rings. The third-order valence-electron chi connectivity index (χ3n) is 2.40. The molecule has 0 aliphatic heterocycles. The number of hydrogen-bond donors (Lipinski definition) is 2. The number of ether oxygens (including phenoxy) is 1. The van der Waals surface area contributed by atoms with Crippen LogP contribution in [0.15, 0.2) is 24.8 Å². The van der Waals surface area contributed by atoms with Gasteiger partial charge in [0.15, 0.2) is 0 Å². The number of carboxylic acid groups (broad SMARTS) is 1. The summed E-state index contributed by atoms with van der Waals surface area (Å²) in [5, 5.41) is 18.6. The summed E-state index contributed by atoms with van der Waals surface area (Å²) in [4.78, 5) is 10.8. The van der Waals surface area contributed by atoms with Gasteiger partial charge in [-0.1, -0.05) is 13.0 Å². The van der Waals surface area contributed by atoms with Crippen molar-refractivity contribution < 1.29 is 19.7 Å². The van der Waals surface area contributed by atoms with Crippen molar-refractivity contribution in [1.29, 1.82) is 0 Å². The Morgan fingerprint density at radius 3 is 2.62 bits per heavy atom. The Morgan fingerprint density at radius 1 is 1.56 bits per heavy atom. The molecule has 0 aromatic heterocycles. The predicted molar refractivity (Wildman–Crippen MR) is 60.2 cm³/mol. The topological polar surface area (TPSA) is 66.8 Å². The van der Waals surface area contributed by atoms with Crippen LogP contribution in [0, 0.1) is 0 Å². The molecule has 0 spiro atoms. The molecular formula is C12H14O4. The van der Waals surface area contributed by atoms with Crippen LogP contribution < -0.4 is 4.74 Å². The summed E-state index contributed by atoms with van der Waals surface area (Å²) in [6.07, 6.45) is 1.65. The van der Waals surface area contributed by atoms with E-state index in [0.29, 0.717) is 11.3 Å². The van der Waals surface area contributed by atoms with Crippen molar-refractivity contribution in [3.05, 3.63) is 35.9 Å². The molecule has 0 amide bonds. The number of phenols is 1. The molecule has 86 valence electrons. The van der Waals surface area contributed by atoms with E-state index >= 15 is 0 Å². The molecule has 2 N–H and O–H groups in total. The van der Waals surface area contributed by atoms with Crippen LogP contribution in [0.3, 0.4) is 0 Å². The van der Waals surface area contributed by atoms with Crippen molar-refractivity contribution in [2.45, 2.75) is 12.8 Å². The van der Waals surface area contributed by atoms with Gasteiger partial charge >= 0.3 is 5.97 Å². The highest BCUT2D eigenvalue weighted by atomic mass is 16.5. The lowest BCUT2D eigenvalue weighted by atomic mass is 9.97.